The summed E-state index contributed by atoms with van der Waals surface area (Å²) >= 11 is 0. The van der Waals surface area contributed by atoms with E-state index in [1.54, 1.807) is 0 Å². The van der Waals surface area contributed by atoms with Crippen LogP contribution in [0.2, 0.25) is 0 Å². The fraction of sp³-hybridized carbons (Fsp3) is 0.0833. The number of H-pyrrole nitrogens is 1. The van der Waals surface area contributed by atoms with Gasteiger partial charge >= 0.3 is 0 Å². The van der Waals surface area contributed by atoms with E-state index in [-0.39, 0.29) is 26.4 Å². The molecule has 0 spiro atoms. The van der Waals surface area contributed by atoms with Crippen LogP contribution in [0.4, 0.5) is 0 Å². The molecular weight excluding hydrogens is 697 g/mol. The molecule has 0 amide bonds. The molecule has 7 aromatic rings. The quantitative estimate of drug-likeness (QED) is 0.142. The number of benzene rings is 4. The largest absolute Gasteiger partial charge is 0.392 e. The monoisotopic (exact) mass is 732 g/mol. The fourth-order valence-corrected chi connectivity index (χ4v) is 8.13. The Morgan fingerprint density at radius 2 is 0.982 bits per heavy atom. The summed E-state index contributed by atoms with van der Waals surface area (Å²) in [4.78, 5) is 14.6. The van der Waals surface area contributed by atoms with Gasteiger partial charge in [0.15, 0.2) is 0 Å². The number of hydrogen-bond donors (Lipinski definition) is 5. The maximum Gasteiger partial charge on any atom is 0.146 e. The highest BCUT2D eigenvalue weighted by atomic mass is 16.3. The molecular formula is C48H36N4O4. The van der Waals surface area contributed by atoms with E-state index < -0.39 is 0 Å². The molecule has 6 heterocycles. The molecule has 3 aliphatic rings. The lowest BCUT2D eigenvalue weighted by Crippen LogP contribution is -2.20. The van der Waals surface area contributed by atoms with Crippen LogP contribution in [0.5, 0.6) is 0 Å². The van der Waals surface area contributed by atoms with E-state index >= 15 is 0 Å². The Bertz CT molecular complexity index is 3020. The SMILES string of the molecule is OCc1ccc(C2=C3C=CC(=N3)C(c3ccc(CO)cc3)=c3ccc([nH]3)=C(c3ccc(CO)cc3)C3=Cc4c(-c5ccc(CO)cc5)c5ccc2n5c4=N3)cc1. The van der Waals surface area contributed by atoms with E-state index in [0.717, 1.165) is 117 Å². The highest BCUT2D eigenvalue weighted by molar-refractivity contribution is 6.30. The van der Waals surface area contributed by atoms with Crippen molar-refractivity contribution in [2.24, 2.45) is 9.98 Å². The molecule has 0 atom stereocenters. The van der Waals surface area contributed by atoms with Crippen LogP contribution in [0, 0.1) is 0 Å². The summed E-state index contributed by atoms with van der Waals surface area (Å²) in [6, 6.07) is 40.3. The molecule has 0 saturated carbocycles. The Morgan fingerprint density at radius 3 is 1.54 bits per heavy atom. The van der Waals surface area contributed by atoms with E-state index in [1.807, 2.05) is 84.9 Å². The fourth-order valence-electron chi connectivity index (χ4n) is 8.13. The van der Waals surface area contributed by atoms with Crippen molar-refractivity contribution in [1.29, 1.82) is 0 Å². The summed E-state index contributed by atoms with van der Waals surface area (Å²) in [6.07, 6.45) is 6.29. The molecule has 3 aliphatic heterocycles. The summed E-state index contributed by atoms with van der Waals surface area (Å²) in [5, 5.41) is 41.3. The van der Waals surface area contributed by atoms with Crippen molar-refractivity contribution in [3.8, 4) is 11.1 Å². The van der Waals surface area contributed by atoms with Gasteiger partial charge in [0, 0.05) is 38.5 Å². The number of nitrogens with one attached hydrogen (secondary N) is 1. The number of fused-ring (bicyclic) bond motifs is 4. The standard InChI is InChI=1S/C48H36N4O4/c53-24-28-1-9-32(10-2-28)44-36-23-41-46(34-13-5-30(26-55)6-14-34)39-18-17-37(49-39)45(33-11-3-29(25-54)4-12-33)38-19-20-40(50-38)47(35-15-7-31(27-56)8-16-35)43-22-21-42(44)52(43)48(36)51-41/h1-23,49,53-56H,24-27H2. The van der Waals surface area contributed by atoms with Crippen molar-refractivity contribution in [3.05, 3.63) is 211 Å². The van der Waals surface area contributed by atoms with Crippen LogP contribution in [0.3, 0.4) is 0 Å². The summed E-state index contributed by atoms with van der Waals surface area (Å²) < 4.78 is 2.23. The average Bonchev–Trinajstić information content (AvgIpc) is 4.10. The molecule has 272 valence electrons. The van der Waals surface area contributed by atoms with Gasteiger partial charge in [-0.1, -0.05) is 97.1 Å². The minimum atomic E-state index is -0.0566. The van der Waals surface area contributed by atoms with Gasteiger partial charge in [0.2, 0.25) is 0 Å². The number of aromatic nitrogens is 2. The van der Waals surface area contributed by atoms with Crippen molar-refractivity contribution in [1.82, 2.24) is 9.38 Å². The van der Waals surface area contributed by atoms with E-state index in [1.165, 1.54) is 0 Å². The number of aliphatic hydroxyl groups is 4. The highest BCUT2D eigenvalue weighted by Gasteiger charge is 2.28. The van der Waals surface area contributed by atoms with Crippen molar-refractivity contribution < 1.29 is 20.4 Å². The van der Waals surface area contributed by atoms with Crippen LogP contribution in [-0.2, 0) is 26.4 Å². The lowest BCUT2D eigenvalue weighted by atomic mass is 9.98. The second kappa shape index (κ2) is 13.6. The number of hydrogen-bond acceptors (Lipinski definition) is 6. The topological polar surface area (TPSA) is 126 Å². The first kappa shape index (κ1) is 33.9. The molecule has 0 unspecified atom stereocenters. The number of aromatic amines is 1. The Balaban J connectivity index is 1.34. The van der Waals surface area contributed by atoms with Gasteiger partial charge in [-0.3, -0.25) is 4.40 Å². The van der Waals surface area contributed by atoms with E-state index in [2.05, 4.69) is 64.0 Å². The minimum absolute atomic E-state index is 0.0376. The summed E-state index contributed by atoms with van der Waals surface area (Å²) in [6.45, 7) is -0.197. The number of nitrogens with zero attached hydrogens (tertiary/aromatic N) is 3. The zero-order valence-corrected chi connectivity index (χ0v) is 30.2. The number of aliphatic imine (C=N–C) groups is 1. The lowest BCUT2D eigenvalue weighted by Gasteiger charge is -2.12. The van der Waals surface area contributed by atoms with E-state index in [9.17, 15) is 20.4 Å². The first-order chi connectivity index (χ1) is 27.5. The predicted molar refractivity (Wildman–Crippen MR) is 218 cm³/mol. The van der Waals surface area contributed by atoms with Gasteiger partial charge in [-0.2, -0.15) is 0 Å². The van der Waals surface area contributed by atoms with Gasteiger partial charge < -0.3 is 25.4 Å². The Morgan fingerprint density at radius 1 is 0.482 bits per heavy atom. The Hall–Kier alpha value is -6.68. The molecule has 8 nitrogen and oxygen atoms in total. The van der Waals surface area contributed by atoms with Gasteiger partial charge in [-0.25, -0.2) is 9.98 Å². The van der Waals surface area contributed by atoms with Crippen molar-refractivity contribution >= 4 is 34.0 Å². The lowest BCUT2D eigenvalue weighted by molar-refractivity contribution is 0.281. The molecule has 0 aliphatic carbocycles. The third kappa shape index (κ3) is 5.46. The zero-order chi connectivity index (χ0) is 37.9. The average molecular weight is 733 g/mol. The first-order valence-corrected chi connectivity index (χ1v) is 18.6. The van der Waals surface area contributed by atoms with Gasteiger partial charge in [-0.15, -0.1) is 0 Å². The third-order valence-corrected chi connectivity index (χ3v) is 11.0. The Labute approximate surface area is 321 Å². The van der Waals surface area contributed by atoms with Crippen LogP contribution < -0.4 is 16.2 Å². The van der Waals surface area contributed by atoms with Gasteiger partial charge in [-0.05, 0) is 87.0 Å². The van der Waals surface area contributed by atoms with E-state index in [4.69, 9.17) is 9.98 Å². The van der Waals surface area contributed by atoms with Crippen molar-refractivity contribution in [2.75, 3.05) is 0 Å². The first-order valence-electron chi connectivity index (χ1n) is 18.6. The van der Waals surface area contributed by atoms with Gasteiger partial charge in [0.05, 0.1) is 54.7 Å². The molecule has 3 aromatic heterocycles. The van der Waals surface area contributed by atoms with Crippen LogP contribution >= 0.6 is 0 Å². The molecule has 10 rings (SSSR count). The second-order valence-corrected chi connectivity index (χ2v) is 14.2. The molecule has 6 bridgehead atoms. The normalized spacial score (nSPS) is 14.5. The minimum Gasteiger partial charge on any atom is -0.392 e. The number of allylic oxidation sites excluding steroid dienone is 3. The van der Waals surface area contributed by atoms with Crippen molar-refractivity contribution in [3.63, 3.8) is 0 Å². The maximum absolute atomic E-state index is 9.93. The highest BCUT2D eigenvalue weighted by Crippen LogP contribution is 2.39. The summed E-state index contributed by atoms with van der Waals surface area (Å²) in [5.41, 5.74) is 17.0. The molecule has 5 N–H and O–H groups in total. The van der Waals surface area contributed by atoms with Crippen LogP contribution in [0.25, 0.3) is 39.4 Å². The summed E-state index contributed by atoms with van der Waals surface area (Å²) in [5.74, 6) is 0. The predicted octanol–water partition coefficient (Wildman–Crippen LogP) is 5.48. The zero-order valence-electron chi connectivity index (χ0n) is 30.2. The second-order valence-electron chi connectivity index (χ2n) is 14.2. The van der Waals surface area contributed by atoms with Crippen LogP contribution in [0.15, 0.2) is 155 Å². The van der Waals surface area contributed by atoms with Crippen molar-refractivity contribution in [2.45, 2.75) is 26.4 Å². The molecule has 0 fully saturated rings. The number of aliphatic hydroxyl groups excluding tert-OH is 4. The summed E-state index contributed by atoms with van der Waals surface area (Å²) in [7, 11) is 0. The Kier molecular flexibility index (Phi) is 8.20. The van der Waals surface area contributed by atoms with Crippen LogP contribution in [-0.4, -0.2) is 35.5 Å². The van der Waals surface area contributed by atoms with Gasteiger partial charge in [0.25, 0.3) is 0 Å². The molecule has 56 heavy (non-hydrogen) atoms. The molecule has 4 aromatic carbocycles. The molecule has 0 saturated heterocycles. The molecule has 0 radical (unpaired) electrons. The van der Waals surface area contributed by atoms with Crippen LogP contribution in [0.1, 0.15) is 50.2 Å². The number of rotatable bonds is 8. The van der Waals surface area contributed by atoms with Gasteiger partial charge in [0.1, 0.15) is 5.49 Å². The molecule has 8 heteroatoms. The van der Waals surface area contributed by atoms with E-state index in [0.29, 0.717) is 0 Å². The smallest absolute Gasteiger partial charge is 0.146 e. The third-order valence-electron chi connectivity index (χ3n) is 11.0. The maximum atomic E-state index is 9.93.